The summed E-state index contributed by atoms with van der Waals surface area (Å²) in [6.07, 6.45) is -0.971. The van der Waals surface area contributed by atoms with Gasteiger partial charge in [0.15, 0.2) is 6.10 Å². The average molecular weight is 409 g/mol. The van der Waals surface area contributed by atoms with Gasteiger partial charge in [0.2, 0.25) is 0 Å². The Kier molecular flexibility index (Phi) is 4.98. The van der Waals surface area contributed by atoms with Crippen molar-refractivity contribution in [1.29, 1.82) is 0 Å². The molecular formula is C22H19NO5S. The topological polar surface area (TPSA) is 77.8 Å². The number of nitrogens with one attached hydrogen (secondary N) is 1. The van der Waals surface area contributed by atoms with E-state index < -0.39 is 18.0 Å². The van der Waals surface area contributed by atoms with Gasteiger partial charge in [-0.3, -0.25) is 4.79 Å². The summed E-state index contributed by atoms with van der Waals surface area (Å²) in [5, 5.41) is 4.62. The summed E-state index contributed by atoms with van der Waals surface area (Å²) < 4.78 is 16.6. The largest absolute Gasteiger partial charge is 0.495 e. The second-order valence-corrected chi connectivity index (χ2v) is 7.88. The molecule has 148 valence electrons. The maximum atomic E-state index is 12.6. The first-order valence-electron chi connectivity index (χ1n) is 9.04. The Hall–Kier alpha value is -3.32. The summed E-state index contributed by atoms with van der Waals surface area (Å²) in [5.41, 5.74) is 1.82. The zero-order valence-electron chi connectivity index (χ0n) is 16.1. The van der Waals surface area contributed by atoms with Crippen molar-refractivity contribution in [2.24, 2.45) is 0 Å². The number of carbonyl (C=O) groups excluding carboxylic acids is 2. The Morgan fingerprint density at radius 3 is 2.59 bits per heavy atom. The van der Waals surface area contributed by atoms with E-state index >= 15 is 0 Å². The number of thiophene rings is 1. The van der Waals surface area contributed by atoms with Crippen molar-refractivity contribution < 1.29 is 23.5 Å². The van der Waals surface area contributed by atoms with E-state index in [9.17, 15) is 9.59 Å². The maximum absolute atomic E-state index is 12.6. The summed E-state index contributed by atoms with van der Waals surface area (Å²) in [4.78, 5) is 26.2. The number of carbonyl (C=O) groups is 2. The third kappa shape index (κ3) is 3.69. The van der Waals surface area contributed by atoms with E-state index in [0.29, 0.717) is 21.9 Å². The molecule has 0 aliphatic carbocycles. The highest BCUT2D eigenvalue weighted by atomic mass is 32.1. The fourth-order valence-electron chi connectivity index (χ4n) is 3.07. The molecule has 0 radical (unpaired) electrons. The molecule has 7 heteroatoms. The lowest BCUT2D eigenvalue weighted by molar-refractivity contribution is -0.123. The number of anilines is 1. The number of para-hydroxylation sites is 1. The van der Waals surface area contributed by atoms with E-state index in [4.69, 9.17) is 13.9 Å². The van der Waals surface area contributed by atoms with Crippen LogP contribution in [-0.4, -0.2) is 25.1 Å². The third-order valence-corrected chi connectivity index (χ3v) is 5.53. The number of rotatable bonds is 5. The van der Waals surface area contributed by atoms with Gasteiger partial charge in [-0.05, 0) is 38.1 Å². The van der Waals surface area contributed by atoms with Crippen molar-refractivity contribution in [3.05, 3.63) is 58.3 Å². The van der Waals surface area contributed by atoms with E-state index in [1.54, 1.807) is 12.1 Å². The van der Waals surface area contributed by atoms with Gasteiger partial charge in [0, 0.05) is 21.7 Å². The molecule has 0 bridgehead atoms. The lowest BCUT2D eigenvalue weighted by Gasteiger charge is -2.15. The number of amides is 1. The van der Waals surface area contributed by atoms with Crippen molar-refractivity contribution in [2.75, 3.05) is 12.4 Å². The van der Waals surface area contributed by atoms with Crippen molar-refractivity contribution in [3.8, 4) is 5.75 Å². The second-order valence-electron chi connectivity index (χ2n) is 6.59. The van der Waals surface area contributed by atoms with Crippen molar-refractivity contribution in [3.63, 3.8) is 0 Å². The summed E-state index contributed by atoms with van der Waals surface area (Å²) in [7, 11) is 1.53. The molecule has 2 aromatic heterocycles. The lowest BCUT2D eigenvalue weighted by atomic mass is 10.1. The molecule has 0 aliphatic rings. The minimum atomic E-state index is -0.971. The number of hydrogen-bond donors (Lipinski definition) is 1. The number of fused-ring (bicyclic) bond motifs is 3. The van der Waals surface area contributed by atoms with Gasteiger partial charge in [-0.25, -0.2) is 4.79 Å². The molecule has 2 aromatic carbocycles. The van der Waals surface area contributed by atoms with E-state index in [2.05, 4.69) is 5.32 Å². The van der Waals surface area contributed by atoms with Crippen LogP contribution in [0.15, 0.2) is 52.9 Å². The Bertz CT molecular complexity index is 1220. The van der Waals surface area contributed by atoms with Crippen LogP contribution in [0, 0.1) is 6.92 Å². The summed E-state index contributed by atoms with van der Waals surface area (Å²) in [5.74, 6) is -0.490. The Morgan fingerprint density at radius 2 is 1.86 bits per heavy atom. The van der Waals surface area contributed by atoms with Crippen LogP contribution in [-0.2, 0) is 9.53 Å². The van der Waals surface area contributed by atoms with E-state index in [1.165, 1.54) is 25.4 Å². The van der Waals surface area contributed by atoms with Gasteiger partial charge in [0.1, 0.15) is 21.8 Å². The SMILES string of the molecule is COc1cc2c(cc1NC(=O)[C@H](C)OC(=O)c1ccc(C)s1)oc1ccccc12. The molecule has 0 saturated carbocycles. The summed E-state index contributed by atoms with van der Waals surface area (Å²) >= 11 is 1.32. The molecule has 4 rings (SSSR count). The monoisotopic (exact) mass is 409 g/mol. The van der Waals surface area contributed by atoms with Gasteiger partial charge in [-0.15, -0.1) is 11.3 Å². The number of aryl methyl sites for hydroxylation is 1. The van der Waals surface area contributed by atoms with Crippen molar-refractivity contribution in [2.45, 2.75) is 20.0 Å². The second kappa shape index (κ2) is 7.60. The van der Waals surface area contributed by atoms with Crippen LogP contribution in [0.1, 0.15) is 21.5 Å². The predicted molar refractivity (Wildman–Crippen MR) is 113 cm³/mol. The molecule has 1 atom stereocenters. The zero-order valence-corrected chi connectivity index (χ0v) is 17.0. The van der Waals surface area contributed by atoms with Crippen LogP contribution in [0.2, 0.25) is 0 Å². The standard InChI is InChI=1S/C22H19NO5S/c1-12-8-9-20(29-12)22(25)27-13(2)21(24)23-16-11-18-15(10-19(16)26-3)14-6-4-5-7-17(14)28-18/h4-11,13H,1-3H3,(H,23,24)/t13-/m0/s1. The normalized spacial score (nSPS) is 12.1. The summed E-state index contributed by atoms with van der Waals surface area (Å²) in [6, 6.07) is 14.7. The van der Waals surface area contributed by atoms with Crippen molar-refractivity contribution >= 4 is 50.8 Å². The van der Waals surface area contributed by atoms with Crippen LogP contribution in [0.25, 0.3) is 21.9 Å². The zero-order chi connectivity index (χ0) is 20.5. The first-order valence-corrected chi connectivity index (χ1v) is 9.85. The molecule has 0 saturated heterocycles. The van der Waals surface area contributed by atoms with Crippen LogP contribution >= 0.6 is 11.3 Å². The molecule has 1 N–H and O–H groups in total. The molecule has 0 spiro atoms. The molecule has 0 unspecified atom stereocenters. The minimum absolute atomic E-state index is 0.443. The molecule has 2 heterocycles. The number of hydrogen-bond acceptors (Lipinski definition) is 6. The number of furan rings is 1. The predicted octanol–water partition coefficient (Wildman–Crippen LogP) is 5.15. The molecule has 6 nitrogen and oxygen atoms in total. The highest BCUT2D eigenvalue weighted by Gasteiger charge is 2.22. The molecule has 4 aromatic rings. The van der Waals surface area contributed by atoms with Gasteiger partial charge in [0.05, 0.1) is 12.8 Å². The lowest BCUT2D eigenvalue weighted by Crippen LogP contribution is -2.29. The Morgan fingerprint density at radius 1 is 1.07 bits per heavy atom. The van der Waals surface area contributed by atoms with Gasteiger partial charge in [-0.2, -0.15) is 0 Å². The van der Waals surface area contributed by atoms with E-state index in [0.717, 1.165) is 21.2 Å². The van der Waals surface area contributed by atoms with Gasteiger partial charge in [-0.1, -0.05) is 18.2 Å². The third-order valence-electron chi connectivity index (χ3n) is 4.55. The number of ether oxygens (including phenoxy) is 2. The van der Waals surface area contributed by atoms with Gasteiger partial charge >= 0.3 is 5.97 Å². The van der Waals surface area contributed by atoms with E-state index in [1.807, 2.05) is 43.3 Å². The molecular weight excluding hydrogens is 390 g/mol. The highest BCUT2D eigenvalue weighted by molar-refractivity contribution is 7.13. The average Bonchev–Trinajstić information content (AvgIpc) is 3.30. The molecule has 0 fully saturated rings. The quantitative estimate of drug-likeness (QED) is 0.461. The smallest absolute Gasteiger partial charge is 0.349 e. The maximum Gasteiger partial charge on any atom is 0.349 e. The van der Waals surface area contributed by atoms with Crippen LogP contribution < -0.4 is 10.1 Å². The van der Waals surface area contributed by atoms with Gasteiger partial charge in [0.25, 0.3) is 5.91 Å². The molecule has 29 heavy (non-hydrogen) atoms. The van der Waals surface area contributed by atoms with Crippen LogP contribution in [0.4, 0.5) is 5.69 Å². The summed E-state index contributed by atoms with van der Waals surface area (Å²) in [6.45, 7) is 3.43. The molecule has 0 aliphatic heterocycles. The Balaban J connectivity index is 1.56. The molecule has 1 amide bonds. The fraction of sp³-hybridized carbons (Fsp3) is 0.182. The van der Waals surface area contributed by atoms with Gasteiger partial charge < -0.3 is 19.2 Å². The Labute approximate surface area is 171 Å². The fourth-order valence-corrected chi connectivity index (χ4v) is 3.82. The number of methoxy groups -OCH3 is 1. The number of benzene rings is 2. The van der Waals surface area contributed by atoms with E-state index in [-0.39, 0.29) is 0 Å². The van der Waals surface area contributed by atoms with Crippen molar-refractivity contribution in [1.82, 2.24) is 0 Å². The number of esters is 1. The first kappa shape index (κ1) is 19.0. The first-order chi connectivity index (χ1) is 14.0. The highest BCUT2D eigenvalue weighted by Crippen LogP contribution is 2.36. The van der Waals surface area contributed by atoms with Crippen LogP contribution in [0.3, 0.4) is 0 Å². The van der Waals surface area contributed by atoms with Crippen LogP contribution in [0.5, 0.6) is 5.75 Å². The minimum Gasteiger partial charge on any atom is -0.495 e.